The first kappa shape index (κ1) is 8.70. The molecule has 0 aliphatic carbocycles. The lowest BCUT2D eigenvalue weighted by atomic mass is 10.5. The molecule has 0 saturated heterocycles. The normalized spacial score (nSPS) is 12.0. The molecule has 0 bridgehead atoms. The lowest BCUT2D eigenvalue weighted by molar-refractivity contribution is 1.02. The van der Waals surface area contributed by atoms with Crippen molar-refractivity contribution in [1.29, 1.82) is 0 Å². The Balaban J connectivity index is 3.11. The zero-order valence-electron chi connectivity index (χ0n) is 5.73. The van der Waals surface area contributed by atoms with Crippen molar-refractivity contribution in [2.75, 3.05) is 5.75 Å². The fraction of sp³-hybridized carbons (Fsp3) is 1.00. The van der Waals surface area contributed by atoms with Gasteiger partial charge in [0.15, 0.2) is 0 Å². The van der Waals surface area contributed by atoms with Crippen molar-refractivity contribution >= 4 is 24.4 Å². The summed E-state index contributed by atoms with van der Waals surface area (Å²) in [7, 11) is 0. The molecule has 0 atom stereocenters. The molecule has 0 heterocycles. The van der Waals surface area contributed by atoms with Crippen LogP contribution in [0.15, 0.2) is 0 Å². The van der Waals surface area contributed by atoms with E-state index in [1.807, 2.05) is 11.8 Å². The minimum Gasteiger partial charge on any atom is -0.144 e. The highest BCUT2D eigenvalue weighted by Crippen LogP contribution is 2.27. The molecule has 0 aromatic heterocycles. The molecule has 1 radical (unpaired) electrons. The van der Waals surface area contributed by atoms with Crippen LogP contribution in [-0.4, -0.2) is 9.83 Å². The Kier molecular flexibility index (Phi) is 4.00. The van der Waals surface area contributed by atoms with E-state index >= 15 is 0 Å². The van der Waals surface area contributed by atoms with E-state index in [-0.39, 0.29) is 4.08 Å². The molecule has 0 amide bonds. The molecule has 0 aromatic rings. The Morgan fingerprint density at radius 2 is 2.00 bits per heavy atom. The van der Waals surface area contributed by atoms with Gasteiger partial charge in [0, 0.05) is 0 Å². The van der Waals surface area contributed by atoms with Crippen LogP contribution in [0.25, 0.3) is 0 Å². The van der Waals surface area contributed by atoms with Crippen LogP contribution in [0.1, 0.15) is 27.2 Å². The summed E-state index contributed by atoms with van der Waals surface area (Å²) in [6, 6.07) is 0. The van der Waals surface area contributed by atoms with E-state index < -0.39 is 0 Å². The predicted octanol–water partition coefficient (Wildman–Crippen LogP) is 3.06. The quantitative estimate of drug-likeness (QED) is 0.594. The van der Waals surface area contributed by atoms with E-state index in [1.165, 1.54) is 12.2 Å². The van der Waals surface area contributed by atoms with Gasteiger partial charge in [-0.2, -0.15) is 0 Å². The molecule has 0 saturated carbocycles. The maximum Gasteiger partial charge on any atom is 0.0658 e. The second kappa shape index (κ2) is 3.67. The smallest absolute Gasteiger partial charge is 0.0658 e. The van der Waals surface area contributed by atoms with Crippen molar-refractivity contribution in [2.45, 2.75) is 31.3 Å². The summed E-state index contributed by atoms with van der Waals surface area (Å²) in [4.78, 5) is 0. The topological polar surface area (TPSA) is 0 Å². The van der Waals surface area contributed by atoms with Crippen LogP contribution >= 0.6 is 24.4 Å². The SMILES string of the molecule is CCCSC(C)(C)[S]. The highest BCUT2D eigenvalue weighted by Gasteiger charge is 2.10. The summed E-state index contributed by atoms with van der Waals surface area (Å²) in [5, 5.41) is 0. The third kappa shape index (κ3) is 6.70. The fourth-order valence-corrected chi connectivity index (χ4v) is 1.29. The third-order valence-electron chi connectivity index (χ3n) is 0.654. The summed E-state index contributed by atoms with van der Waals surface area (Å²) < 4.78 is 0.0516. The van der Waals surface area contributed by atoms with Crippen LogP contribution in [0.5, 0.6) is 0 Å². The maximum absolute atomic E-state index is 5.11. The molecule has 0 N–H and O–H groups in total. The third-order valence-corrected chi connectivity index (χ3v) is 2.31. The van der Waals surface area contributed by atoms with Gasteiger partial charge in [-0.15, -0.1) is 11.8 Å². The van der Waals surface area contributed by atoms with Crippen molar-refractivity contribution in [3.63, 3.8) is 0 Å². The van der Waals surface area contributed by atoms with Gasteiger partial charge in [0.25, 0.3) is 0 Å². The van der Waals surface area contributed by atoms with Crippen molar-refractivity contribution in [2.24, 2.45) is 0 Å². The highest BCUT2D eigenvalue weighted by atomic mass is 32.2. The van der Waals surface area contributed by atoms with Gasteiger partial charge in [-0.25, -0.2) is 0 Å². The molecular weight excluding hydrogens is 136 g/mol. The van der Waals surface area contributed by atoms with Crippen LogP contribution in [0.4, 0.5) is 0 Å². The Hall–Kier alpha value is 0.700. The van der Waals surface area contributed by atoms with Crippen molar-refractivity contribution in [3.05, 3.63) is 0 Å². The first-order valence-corrected chi connectivity index (χ1v) is 4.30. The van der Waals surface area contributed by atoms with Crippen LogP contribution in [-0.2, 0) is 0 Å². The van der Waals surface area contributed by atoms with Crippen LogP contribution in [0.2, 0.25) is 0 Å². The fourth-order valence-electron chi connectivity index (χ4n) is 0.348. The van der Waals surface area contributed by atoms with Crippen molar-refractivity contribution in [1.82, 2.24) is 0 Å². The van der Waals surface area contributed by atoms with E-state index in [1.54, 1.807) is 0 Å². The van der Waals surface area contributed by atoms with Crippen molar-refractivity contribution < 1.29 is 0 Å². The monoisotopic (exact) mass is 149 g/mol. The number of hydrogen-bond acceptors (Lipinski definition) is 1. The Labute approximate surface area is 61.8 Å². The second-order valence-corrected chi connectivity index (χ2v) is 5.24. The minimum atomic E-state index is 0.0516. The summed E-state index contributed by atoms with van der Waals surface area (Å²) in [5.74, 6) is 1.19. The summed E-state index contributed by atoms with van der Waals surface area (Å²) in [5.41, 5.74) is 0. The van der Waals surface area contributed by atoms with Gasteiger partial charge >= 0.3 is 0 Å². The molecule has 0 aliphatic rings. The van der Waals surface area contributed by atoms with Gasteiger partial charge in [-0.3, -0.25) is 0 Å². The zero-order valence-corrected chi connectivity index (χ0v) is 7.36. The lowest BCUT2D eigenvalue weighted by Gasteiger charge is -2.13. The van der Waals surface area contributed by atoms with E-state index in [0.717, 1.165) is 0 Å². The maximum atomic E-state index is 5.11. The zero-order chi connectivity index (χ0) is 6.62. The first-order chi connectivity index (χ1) is 3.56. The summed E-state index contributed by atoms with van der Waals surface area (Å²) in [6.45, 7) is 6.32. The van der Waals surface area contributed by atoms with E-state index in [2.05, 4.69) is 20.8 Å². The first-order valence-electron chi connectivity index (χ1n) is 2.90. The molecule has 2 heteroatoms. The van der Waals surface area contributed by atoms with Crippen LogP contribution in [0, 0.1) is 0 Å². The summed E-state index contributed by atoms with van der Waals surface area (Å²) in [6.07, 6.45) is 1.23. The lowest BCUT2D eigenvalue weighted by Crippen LogP contribution is -2.03. The van der Waals surface area contributed by atoms with Gasteiger partial charge in [-0.05, 0) is 26.0 Å². The minimum absolute atomic E-state index is 0.0516. The van der Waals surface area contributed by atoms with Gasteiger partial charge in [0.1, 0.15) is 0 Å². The molecule has 0 fully saturated rings. The van der Waals surface area contributed by atoms with Gasteiger partial charge in [0.2, 0.25) is 0 Å². The van der Waals surface area contributed by atoms with Gasteiger partial charge in [-0.1, -0.05) is 19.6 Å². The summed E-state index contributed by atoms with van der Waals surface area (Å²) >= 11 is 6.96. The molecule has 0 aromatic carbocycles. The predicted molar refractivity (Wildman–Crippen MR) is 44.4 cm³/mol. The van der Waals surface area contributed by atoms with Crippen LogP contribution in [0.3, 0.4) is 0 Å². The van der Waals surface area contributed by atoms with E-state index in [9.17, 15) is 0 Å². The Bertz CT molecular complexity index is 54.0. The molecule has 49 valence electrons. The second-order valence-electron chi connectivity index (χ2n) is 2.25. The van der Waals surface area contributed by atoms with E-state index in [0.29, 0.717) is 0 Å². The van der Waals surface area contributed by atoms with Crippen molar-refractivity contribution in [3.8, 4) is 0 Å². The molecule has 0 aliphatic heterocycles. The average molecular weight is 149 g/mol. The molecule has 0 unspecified atom stereocenters. The average Bonchev–Trinajstić information content (AvgIpc) is 1.59. The Morgan fingerprint density at radius 1 is 1.50 bits per heavy atom. The largest absolute Gasteiger partial charge is 0.144 e. The Morgan fingerprint density at radius 3 is 2.12 bits per heavy atom. The van der Waals surface area contributed by atoms with Gasteiger partial charge < -0.3 is 0 Å². The number of rotatable bonds is 3. The number of hydrogen-bond donors (Lipinski definition) is 0. The standard InChI is InChI=1S/C6H13S2/c1-4-5-8-6(2,3)7/h4-5H2,1-3H3. The van der Waals surface area contributed by atoms with Gasteiger partial charge in [0.05, 0.1) is 4.08 Å². The van der Waals surface area contributed by atoms with E-state index in [4.69, 9.17) is 12.6 Å². The van der Waals surface area contributed by atoms with Crippen LogP contribution < -0.4 is 0 Å². The highest BCUT2D eigenvalue weighted by molar-refractivity contribution is 8.11. The number of thioether (sulfide) groups is 1. The molecule has 0 nitrogen and oxygen atoms in total. The molecular formula is C6H13S2. The molecule has 0 rings (SSSR count). The molecule has 8 heavy (non-hydrogen) atoms. The molecule has 0 spiro atoms.